The Bertz CT molecular complexity index is 301. The van der Waals surface area contributed by atoms with Gasteiger partial charge in [-0.1, -0.05) is 25.7 Å². The SMILES string of the molecule is CC(CCc1ccco1)NCCCC1CCCC1. The molecule has 1 aromatic rings. The van der Waals surface area contributed by atoms with Crippen LogP contribution in [0.15, 0.2) is 22.8 Å². The summed E-state index contributed by atoms with van der Waals surface area (Å²) in [5.41, 5.74) is 0. The van der Waals surface area contributed by atoms with Gasteiger partial charge in [0.1, 0.15) is 5.76 Å². The Hall–Kier alpha value is -0.760. The molecular weight excluding hydrogens is 222 g/mol. The second-order valence-corrected chi connectivity index (χ2v) is 5.77. The molecule has 2 heteroatoms. The number of nitrogens with one attached hydrogen (secondary N) is 1. The van der Waals surface area contributed by atoms with Gasteiger partial charge in [0.25, 0.3) is 0 Å². The largest absolute Gasteiger partial charge is 0.469 e. The molecule has 2 nitrogen and oxygen atoms in total. The normalized spacial score (nSPS) is 18.3. The minimum absolute atomic E-state index is 0.596. The van der Waals surface area contributed by atoms with Crippen molar-refractivity contribution in [3.8, 4) is 0 Å². The lowest BCUT2D eigenvalue weighted by Gasteiger charge is -2.14. The van der Waals surface area contributed by atoms with E-state index in [0.717, 1.165) is 24.5 Å². The fourth-order valence-corrected chi connectivity index (χ4v) is 2.95. The molecule has 1 aliphatic carbocycles. The average molecular weight is 249 g/mol. The molecule has 1 N–H and O–H groups in total. The van der Waals surface area contributed by atoms with Crippen LogP contribution in [0, 0.1) is 5.92 Å². The molecule has 1 atom stereocenters. The first-order valence-electron chi connectivity index (χ1n) is 7.60. The van der Waals surface area contributed by atoms with Crippen LogP contribution in [0.25, 0.3) is 0 Å². The lowest BCUT2D eigenvalue weighted by Crippen LogP contribution is -2.27. The quantitative estimate of drug-likeness (QED) is 0.700. The van der Waals surface area contributed by atoms with E-state index < -0.39 is 0 Å². The van der Waals surface area contributed by atoms with E-state index in [0.29, 0.717) is 6.04 Å². The van der Waals surface area contributed by atoms with E-state index in [1.54, 1.807) is 6.26 Å². The van der Waals surface area contributed by atoms with E-state index in [9.17, 15) is 0 Å². The second-order valence-electron chi connectivity index (χ2n) is 5.77. The zero-order valence-electron chi connectivity index (χ0n) is 11.7. The molecule has 0 saturated heterocycles. The van der Waals surface area contributed by atoms with Crippen molar-refractivity contribution in [2.24, 2.45) is 5.92 Å². The maximum absolute atomic E-state index is 5.35. The molecule has 0 radical (unpaired) electrons. The van der Waals surface area contributed by atoms with Crippen molar-refractivity contribution in [1.29, 1.82) is 0 Å². The zero-order valence-corrected chi connectivity index (χ0v) is 11.7. The van der Waals surface area contributed by atoms with E-state index in [2.05, 4.69) is 18.3 Å². The second kappa shape index (κ2) is 7.63. The van der Waals surface area contributed by atoms with Crippen molar-refractivity contribution < 1.29 is 4.42 Å². The van der Waals surface area contributed by atoms with Crippen LogP contribution in [-0.4, -0.2) is 12.6 Å². The van der Waals surface area contributed by atoms with Gasteiger partial charge in [0.2, 0.25) is 0 Å². The Labute approximate surface area is 111 Å². The minimum Gasteiger partial charge on any atom is -0.469 e. The third-order valence-corrected chi connectivity index (χ3v) is 4.16. The maximum Gasteiger partial charge on any atom is 0.103 e. The molecule has 1 fully saturated rings. The third kappa shape index (κ3) is 4.85. The summed E-state index contributed by atoms with van der Waals surface area (Å²) in [6.45, 7) is 3.45. The summed E-state index contributed by atoms with van der Waals surface area (Å²) in [5.74, 6) is 2.14. The Morgan fingerprint density at radius 3 is 2.94 bits per heavy atom. The summed E-state index contributed by atoms with van der Waals surface area (Å²) < 4.78 is 5.35. The smallest absolute Gasteiger partial charge is 0.103 e. The summed E-state index contributed by atoms with van der Waals surface area (Å²) in [6.07, 6.45) is 12.6. The molecule has 1 saturated carbocycles. The maximum atomic E-state index is 5.35. The highest BCUT2D eigenvalue weighted by molar-refractivity contribution is 4.98. The Morgan fingerprint density at radius 1 is 1.39 bits per heavy atom. The van der Waals surface area contributed by atoms with Gasteiger partial charge in [-0.15, -0.1) is 0 Å². The number of rotatable bonds is 8. The fraction of sp³-hybridized carbons (Fsp3) is 0.750. The van der Waals surface area contributed by atoms with Gasteiger partial charge in [-0.05, 0) is 50.8 Å². The minimum atomic E-state index is 0.596. The molecule has 102 valence electrons. The summed E-state index contributed by atoms with van der Waals surface area (Å²) in [5, 5.41) is 3.63. The van der Waals surface area contributed by atoms with Crippen LogP contribution in [0.1, 0.15) is 57.6 Å². The van der Waals surface area contributed by atoms with Crippen LogP contribution in [0.5, 0.6) is 0 Å². The standard InChI is InChI=1S/C16H27NO/c1-14(10-11-16-9-5-13-18-16)17-12-4-8-15-6-2-3-7-15/h5,9,13-15,17H,2-4,6-8,10-12H2,1H3. The van der Waals surface area contributed by atoms with Crippen molar-refractivity contribution in [3.05, 3.63) is 24.2 Å². The van der Waals surface area contributed by atoms with Crippen molar-refractivity contribution >= 4 is 0 Å². The van der Waals surface area contributed by atoms with Gasteiger partial charge in [-0.2, -0.15) is 0 Å². The number of hydrogen-bond acceptors (Lipinski definition) is 2. The Balaban J connectivity index is 1.48. The van der Waals surface area contributed by atoms with Gasteiger partial charge in [-0.25, -0.2) is 0 Å². The average Bonchev–Trinajstić information content (AvgIpc) is 3.04. The van der Waals surface area contributed by atoms with Crippen molar-refractivity contribution in [2.45, 2.75) is 64.3 Å². The van der Waals surface area contributed by atoms with Crippen molar-refractivity contribution in [3.63, 3.8) is 0 Å². The van der Waals surface area contributed by atoms with Crippen LogP contribution in [-0.2, 0) is 6.42 Å². The molecule has 1 heterocycles. The highest BCUT2D eigenvalue weighted by Crippen LogP contribution is 2.28. The van der Waals surface area contributed by atoms with Crippen molar-refractivity contribution in [1.82, 2.24) is 5.32 Å². The first kappa shape index (κ1) is 13.7. The first-order chi connectivity index (χ1) is 8.84. The predicted molar refractivity (Wildman–Crippen MR) is 75.7 cm³/mol. The summed E-state index contributed by atoms with van der Waals surface area (Å²) in [6, 6.07) is 4.63. The molecule has 1 aromatic heterocycles. The van der Waals surface area contributed by atoms with Gasteiger partial charge in [0.15, 0.2) is 0 Å². The van der Waals surface area contributed by atoms with E-state index in [1.165, 1.54) is 45.1 Å². The highest BCUT2D eigenvalue weighted by Gasteiger charge is 2.14. The van der Waals surface area contributed by atoms with Gasteiger partial charge >= 0.3 is 0 Å². The third-order valence-electron chi connectivity index (χ3n) is 4.16. The summed E-state index contributed by atoms with van der Waals surface area (Å²) in [4.78, 5) is 0. The fourth-order valence-electron chi connectivity index (χ4n) is 2.95. The molecule has 0 spiro atoms. The lowest BCUT2D eigenvalue weighted by atomic mass is 10.0. The molecular formula is C16H27NO. The van der Waals surface area contributed by atoms with E-state index >= 15 is 0 Å². The molecule has 1 aliphatic rings. The van der Waals surface area contributed by atoms with Crippen LogP contribution < -0.4 is 5.32 Å². The number of furan rings is 1. The van der Waals surface area contributed by atoms with Crippen LogP contribution in [0.2, 0.25) is 0 Å². The van der Waals surface area contributed by atoms with Crippen LogP contribution >= 0.6 is 0 Å². The predicted octanol–water partition coefficient (Wildman–Crippen LogP) is 4.16. The van der Waals surface area contributed by atoms with Gasteiger partial charge in [0.05, 0.1) is 6.26 Å². The monoisotopic (exact) mass is 249 g/mol. The topological polar surface area (TPSA) is 25.2 Å². The summed E-state index contributed by atoms with van der Waals surface area (Å²) in [7, 11) is 0. The molecule has 0 amide bonds. The van der Waals surface area contributed by atoms with E-state index in [-0.39, 0.29) is 0 Å². The van der Waals surface area contributed by atoms with E-state index in [4.69, 9.17) is 4.42 Å². The lowest BCUT2D eigenvalue weighted by molar-refractivity contribution is 0.432. The highest BCUT2D eigenvalue weighted by atomic mass is 16.3. The van der Waals surface area contributed by atoms with Gasteiger partial charge in [0, 0.05) is 12.5 Å². The molecule has 0 aromatic carbocycles. The van der Waals surface area contributed by atoms with Crippen LogP contribution in [0.3, 0.4) is 0 Å². The van der Waals surface area contributed by atoms with Gasteiger partial charge < -0.3 is 9.73 Å². The van der Waals surface area contributed by atoms with Crippen molar-refractivity contribution in [2.75, 3.05) is 6.54 Å². The molecule has 1 unspecified atom stereocenters. The zero-order chi connectivity index (χ0) is 12.6. The summed E-state index contributed by atoms with van der Waals surface area (Å²) >= 11 is 0. The van der Waals surface area contributed by atoms with E-state index in [1.807, 2.05) is 6.07 Å². The molecule has 18 heavy (non-hydrogen) atoms. The molecule has 0 bridgehead atoms. The Morgan fingerprint density at radius 2 is 2.22 bits per heavy atom. The van der Waals surface area contributed by atoms with Crippen LogP contribution in [0.4, 0.5) is 0 Å². The molecule has 2 rings (SSSR count). The number of aryl methyl sites for hydroxylation is 1. The van der Waals surface area contributed by atoms with Gasteiger partial charge in [-0.3, -0.25) is 0 Å². The Kier molecular flexibility index (Phi) is 5.79. The first-order valence-corrected chi connectivity index (χ1v) is 7.60. The molecule has 0 aliphatic heterocycles. The number of hydrogen-bond donors (Lipinski definition) is 1.